The van der Waals surface area contributed by atoms with Gasteiger partial charge in [-0.3, -0.25) is 4.99 Å². The van der Waals surface area contributed by atoms with Crippen LogP contribution in [0, 0.1) is 0 Å². The maximum Gasteiger partial charge on any atom is 0.191 e. The van der Waals surface area contributed by atoms with Crippen LogP contribution in [0.3, 0.4) is 0 Å². The maximum absolute atomic E-state index is 5.87. The molecule has 0 fully saturated rings. The van der Waals surface area contributed by atoms with Crippen molar-refractivity contribution < 1.29 is 0 Å². The predicted molar refractivity (Wildman–Crippen MR) is 68.2 cm³/mol. The monoisotopic (exact) mass is 287 g/mol. The Morgan fingerprint density at radius 1 is 1.67 bits per heavy atom. The highest BCUT2D eigenvalue weighted by Crippen LogP contribution is 2.33. The van der Waals surface area contributed by atoms with Gasteiger partial charge in [0.2, 0.25) is 0 Å². The number of thiophene rings is 1. The Labute approximate surface area is 102 Å². The lowest BCUT2D eigenvalue weighted by Crippen LogP contribution is -2.36. The summed E-state index contributed by atoms with van der Waals surface area (Å²) in [5.74, 6) is 0.686. The van der Waals surface area contributed by atoms with Crippen LogP contribution in [0.25, 0.3) is 0 Å². The quantitative estimate of drug-likeness (QED) is 0.929. The van der Waals surface area contributed by atoms with Crippen LogP contribution in [-0.2, 0) is 0 Å². The van der Waals surface area contributed by atoms with E-state index in [0.29, 0.717) is 12.0 Å². The van der Waals surface area contributed by atoms with Gasteiger partial charge in [0, 0.05) is 11.4 Å². The largest absolute Gasteiger partial charge is 0.370 e. The number of nitrogens with two attached hydrogens (primary N) is 1. The van der Waals surface area contributed by atoms with Gasteiger partial charge in [-0.05, 0) is 34.5 Å². The van der Waals surface area contributed by atoms with Crippen molar-refractivity contribution in [3.05, 3.63) is 20.8 Å². The molecule has 0 saturated carbocycles. The molecular weight excluding hydrogens is 274 g/mol. The molecule has 1 aromatic rings. The number of aliphatic imine (C=N–C) groups is 1. The molecule has 1 atom stereocenters. The van der Waals surface area contributed by atoms with E-state index in [1.165, 1.54) is 8.66 Å². The summed E-state index contributed by atoms with van der Waals surface area (Å²) in [6.45, 7) is 3.93. The summed E-state index contributed by atoms with van der Waals surface area (Å²) in [7, 11) is 0. The molecule has 2 rings (SSSR count). The summed E-state index contributed by atoms with van der Waals surface area (Å²) >= 11 is 5.25. The van der Waals surface area contributed by atoms with Crippen molar-refractivity contribution in [1.29, 1.82) is 0 Å². The summed E-state index contributed by atoms with van der Waals surface area (Å²) in [5, 5.41) is 0. The van der Waals surface area contributed by atoms with E-state index < -0.39 is 0 Å². The van der Waals surface area contributed by atoms with E-state index >= 15 is 0 Å². The highest BCUT2D eigenvalue weighted by atomic mass is 79.9. The summed E-state index contributed by atoms with van der Waals surface area (Å²) in [4.78, 5) is 7.84. The predicted octanol–water partition coefficient (Wildman–Crippen LogP) is 2.59. The molecule has 1 aliphatic rings. The average molecular weight is 288 g/mol. The van der Waals surface area contributed by atoms with Crippen molar-refractivity contribution in [2.24, 2.45) is 10.7 Å². The van der Waals surface area contributed by atoms with Crippen molar-refractivity contribution in [2.45, 2.75) is 19.4 Å². The second kappa shape index (κ2) is 4.53. The maximum atomic E-state index is 5.87. The Morgan fingerprint density at radius 2 is 2.47 bits per heavy atom. The van der Waals surface area contributed by atoms with Gasteiger partial charge in [0.25, 0.3) is 0 Å². The molecule has 0 bridgehead atoms. The fourth-order valence-electron chi connectivity index (χ4n) is 1.79. The molecule has 0 aliphatic carbocycles. The van der Waals surface area contributed by atoms with Gasteiger partial charge >= 0.3 is 0 Å². The Bertz CT molecular complexity index is 374. The van der Waals surface area contributed by atoms with Crippen LogP contribution in [-0.4, -0.2) is 23.9 Å². The molecule has 2 heterocycles. The van der Waals surface area contributed by atoms with E-state index in [0.717, 1.165) is 19.5 Å². The molecule has 2 N–H and O–H groups in total. The number of hydrogen-bond donors (Lipinski definition) is 1. The first-order valence-electron chi connectivity index (χ1n) is 5.04. The van der Waals surface area contributed by atoms with Gasteiger partial charge in [-0.1, -0.05) is 6.92 Å². The fraction of sp³-hybridized carbons (Fsp3) is 0.500. The smallest absolute Gasteiger partial charge is 0.191 e. The zero-order valence-electron chi connectivity index (χ0n) is 8.61. The van der Waals surface area contributed by atoms with Crippen LogP contribution in [0.1, 0.15) is 24.3 Å². The van der Waals surface area contributed by atoms with Crippen LogP contribution in [0.4, 0.5) is 0 Å². The third-order valence-corrected chi connectivity index (χ3v) is 4.21. The number of guanidine groups is 1. The van der Waals surface area contributed by atoms with Crippen LogP contribution in [0.5, 0.6) is 0 Å². The van der Waals surface area contributed by atoms with Crippen molar-refractivity contribution in [1.82, 2.24) is 4.90 Å². The van der Waals surface area contributed by atoms with Crippen LogP contribution in [0.2, 0.25) is 0 Å². The Balaban J connectivity index is 2.17. The van der Waals surface area contributed by atoms with Gasteiger partial charge in [0.1, 0.15) is 0 Å². The van der Waals surface area contributed by atoms with Crippen molar-refractivity contribution in [3.8, 4) is 0 Å². The highest BCUT2D eigenvalue weighted by molar-refractivity contribution is 9.11. The molecule has 5 heteroatoms. The number of nitrogens with zero attached hydrogens (tertiary/aromatic N) is 2. The van der Waals surface area contributed by atoms with Crippen LogP contribution < -0.4 is 5.73 Å². The van der Waals surface area contributed by atoms with E-state index in [4.69, 9.17) is 5.73 Å². The van der Waals surface area contributed by atoms with E-state index in [2.05, 4.69) is 44.9 Å². The van der Waals surface area contributed by atoms with Gasteiger partial charge in [-0.25, -0.2) is 0 Å². The summed E-state index contributed by atoms with van der Waals surface area (Å²) in [6.07, 6.45) is 1.10. The minimum absolute atomic E-state index is 0.348. The standard InChI is InChI=1S/C10H14BrN3S/c1-2-5-14-7(6-13-10(14)12)8-3-4-9(11)15-8/h3-4,7H,2,5-6H2,1H3,(H2,12,13). The Hall–Kier alpha value is -0.550. The Kier molecular flexibility index (Phi) is 3.31. The molecule has 0 spiro atoms. The topological polar surface area (TPSA) is 41.6 Å². The zero-order chi connectivity index (χ0) is 10.8. The lowest BCUT2D eigenvalue weighted by atomic mass is 10.2. The van der Waals surface area contributed by atoms with Crippen molar-refractivity contribution in [3.63, 3.8) is 0 Å². The number of hydrogen-bond acceptors (Lipinski definition) is 4. The Morgan fingerprint density at radius 3 is 3.07 bits per heavy atom. The highest BCUT2D eigenvalue weighted by Gasteiger charge is 2.27. The van der Waals surface area contributed by atoms with E-state index in [1.807, 2.05) is 0 Å². The lowest BCUT2D eigenvalue weighted by molar-refractivity contribution is 0.351. The van der Waals surface area contributed by atoms with Gasteiger partial charge in [0.15, 0.2) is 5.96 Å². The molecule has 1 aromatic heterocycles. The first-order chi connectivity index (χ1) is 7.22. The summed E-state index contributed by atoms with van der Waals surface area (Å²) < 4.78 is 1.17. The minimum Gasteiger partial charge on any atom is -0.370 e. The van der Waals surface area contributed by atoms with Crippen LogP contribution >= 0.6 is 27.3 Å². The molecule has 0 amide bonds. The summed E-state index contributed by atoms with van der Waals surface area (Å²) in [5.41, 5.74) is 5.87. The third-order valence-electron chi connectivity index (χ3n) is 2.48. The second-order valence-electron chi connectivity index (χ2n) is 3.55. The molecule has 0 radical (unpaired) electrons. The van der Waals surface area contributed by atoms with E-state index in [9.17, 15) is 0 Å². The van der Waals surface area contributed by atoms with Gasteiger partial charge < -0.3 is 10.6 Å². The zero-order valence-corrected chi connectivity index (χ0v) is 11.0. The van der Waals surface area contributed by atoms with Crippen LogP contribution in [0.15, 0.2) is 20.9 Å². The summed E-state index contributed by atoms with van der Waals surface area (Å²) in [6, 6.07) is 4.58. The van der Waals surface area contributed by atoms with E-state index in [-0.39, 0.29) is 0 Å². The van der Waals surface area contributed by atoms with Gasteiger partial charge in [0.05, 0.1) is 16.4 Å². The van der Waals surface area contributed by atoms with E-state index in [1.54, 1.807) is 11.3 Å². The molecule has 1 unspecified atom stereocenters. The number of halogens is 1. The molecule has 0 saturated heterocycles. The number of rotatable bonds is 3. The molecule has 1 aliphatic heterocycles. The minimum atomic E-state index is 0.348. The first kappa shape index (κ1) is 11.0. The SMILES string of the molecule is CCCN1C(N)=NCC1c1ccc(Br)s1. The van der Waals surface area contributed by atoms with Crippen molar-refractivity contribution >= 4 is 33.2 Å². The average Bonchev–Trinajstić information content (AvgIpc) is 2.76. The van der Waals surface area contributed by atoms with Gasteiger partial charge in [-0.15, -0.1) is 11.3 Å². The third kappa shape index (κ3) is 2.18. The lowest BCUT2D eigenvalue weighted by Gasteiger charge is -2.24. The first-order valence-corrected chi connectivity index (χ1v) is 6.65. The molecule has 82 valence electrons. The molecular formula is C10H14BrN3S. The normalized spacial score (nSPS) is 20.8. The van der Waals surface area contributed by atoms with Gasteiger partial charge in [-0.2, -0.15) is 0 Å². The second-order valence-corrected chi connectivity index (χ2v) is 6.04. The molecule has 0 aromatic carbocycles. The molecule has 3 nitrogen and oxygen atoms in total. The van der Waals surface area contributed by atoms with Crippen molar-refractivity contribution in [2.75, 3.05) is 13.1 Å². The fourth-order valence-corrected chi connectivity index (χ4v) is 3.32. The molecule has 15 heavy (non-hydrogen) atoms.